The van der Waals surface area contributed by atoms with Gasteiger partial charge in [-0.3, -0.25) is 0 Å². The van der Waals surface area contributed by atoms with Crippen LogP contribution in [0.25, 0.3) is 0 Å². The van der Waals surface area contributed by atoms with Crippen LogP contribution in [0.5, 0.6) is 5.75 Å². The maximum atomic E-state index is 11.2. The molecule has 0 saturated carbocycles. The van der Waals surface area contributed by atoms with Crippen LogP contribution in [0, 0.1) is 11.5 Å². The van der Waals surface area contributed by atoms with E-state index in [0.29, 0.717) is 5.75 Å². The Morgan fingerprint density at radius 2 is 2.11 bits per heavy atom. The number of carbonyl (C=O) groups excluding carboxylic acids is 1. The number of benzene rings is 1. The number of esters is 1. The van der Waals surface area contributed by atoms with E-state index < -0.39 is 12.0 Å². The molecule has 0 heterocycles. The topological polar surface area (TPSA) is 83.7 Å². The molecule has 1 rings (SSSR count). The van der Waals surface area contributed by atoms with Gasteiger partial charge in [-0.2, -0.15) is 5.26 Å². The number of hydrogen-bond donors (Lipinski definition) is 1. The molecule has 6 heteroatoms. The number of nitrogens with one attached hydrogen (secondary N) is 1. The summed E-state index contributed by atoms with van der Waals surface area (Å²) in [6.45, 7) is 1.54. The third-order valence-electron chi connectivity index (χ3n) is 1.97. The molecule has 0 bridgehead atoms. The maximum Gasteiger partial charge on any atom is 0.330 e. The van der Waals surface area contributed by atoms with E-state index in [0.717, 1.165) is 0 Å². The Morgan fingerprint density at radius 1 is 1.44 bits per heavy atom. The van der Waals surface area contributed by atoms with Crippen LogP contribution in [0.1, 0.15) is 6.92 Å². The fraction of sp³-hybridized carbons (Fsp3) is 0.250. The number of aliphatic imine (C=N–C) groups is 1. The Bertz CT molecular complexity index is 465. The summed E-state index contributed by atoms with van der Waals surface area (Å²) in [6.07, 6.45) is 1.69. The highest BCUT2D eigenvalue weighted by Crippen LogP contribution is 2.08. The van der Waals surface area contributed by atoms with Crippen LogP contribution in [-0.2, 0) is 9.53 Å². The highest BCUT2D eigenvalue weighted by atomic mass is 16.5. The first kappa shape index (κ1) is 13.5. The molecule has 94 valence electrons. The van der Waals surface area contributed by atoms with Crippen LogP contribution in [0.3, 0.4) is 0 Å². The van der Waals surface area contributed by atoms with Crippen molar-refractivity contribution in [2.45, 2.75) is 13.0 Å². The predicted molar refractivity (Wildman–Crippen MR) is 64.7 cm³/mol. The lowest BCUT2D eigenvalue weighted by atomic mass is 10.3. The maximum absolute atomic E-state index is 11.2. The van der Waals surface area contributed by atoms with E-state index in [-0.39, 0.29) is 6.02 Å². The minimum atomic E-state index is -0.755. The lowest BCUT2D eigenvalue weighted by molar-refractivity contribution is -0.141. The number of hydrogen-bond acceptors (Lipinski definition) is 5. The van der Waals surface area contributed by atoms with Crippen LogP contribution in [0.15, 0.2) is 35.3 Å². The van der Waals surface area contributed by atoms with Crippen LogP contribution in [0.2, 0.25) is 0 Å². The second kappa shape index (κ2) is 6.91. The SMILES string of the molecule is COC(=O)[C@H](C)N=C(NC#N)Oc1ccccc1. The zero-order valence-electron chi connectivity index (χ0n) is 10.1. The summed E-state index contributed by atoms with van der Waals surface area (Å²) < 4.78 is 9.86. The van der Waals surface area contributed by atoms with Gasteiger partial charge in [0.05, 0.1) is 7.11 Å². The Labute approximate surface area is 105 Å². The van der Waals surface area contributed by atoms with Crippen molar-refractivity contribution in [1.82, 2.24) is 5.32 Å². The van der Waals surface area contributed by atoms with Crippen molar-refractivity contribution in [3.63, 3.8) is 0 Å². The molecule has 0 spiro atoms. The molecule has 0 aliphatic heterocycles. The summed E-state index contributed by atoms with van der Waals surface area (Å²) in [7, 11) is 1.27. The Hall–Kier alpha value is -2.55. The quantitative estimate of drug-likeness (QED) is 0.284. The van der Waals surface area contributed by atoms with Crippen LogP contribution in [-0.4, -0.2) is 25.1 Å². The summed E-state index contributed by atoms with van der Waals surface area (Å²) >= 11 is 0. The monoisotopic (exact) mass is 247 g/mol. The molecular weight excluding hydrogens is 234 g/mol. The van der Waals surface area contributed by atoms with Gasteiger partial charge in [-0.15, -0.1) is 0 Å². The number of para-hydroxylation sites is 1. The smallest absolute Gasteiger partial charge is 0.330 e. The van der Waals surface area contributed by atoms with Crippen LogP contribution >= 0.6 is 0 Å². The van der Waals surface area contributed by atoms with Gasteiger partial charge in [-0.25, -0.2) is 15.1 Å². The Morgan fingerprint density at radius 3 is 2.67 bits per heavy atom. The van der Waals surface area contributed by atoms with E-state index >= 15 is 0 Å². The highest BCUT2D eigenvalue weighted by Gasteiger charge is 2.13. The van der Waals surface area contributed by atoms with E-state index in [1.807, 2.05) is 6.07 Å². The minimum Gasteiger partial charge on any atom is -0.467 e. The number of rotatable bonds is 3. The zero-order chi connectivity index (χ0) is 13.4. The molecule has 0 aromatic heterocycles. The van der Waals surface area contributed by atoms with Crippen molar-refractivity contribution in [3.05, 3.63) is 30.3 Å². The van der Waals surface area contributed by atoms with Gasteiger partial charge in [0.1, 0.15) is 11.8 Å². The lowest BCUT2D eigenvalue weighted by Gasteiger charge is -2.09. The summed E-state index contributed by atoms with van der Waals surface area (Å²) in [5, 5.41) is 10.9. The van der Waals surface area contributed by atoms with E-state index in [1.165, 1.54) is 7.11 Å². The average Bonchev–Trinajstić information content (AvgIpc) is 2.39. The summed E-state index contributed by atoms with van der Waals surface area (Å²) in [5.41, 5.74) is 0. The van der Waals surface area contributed by atoms with Gasteiger partial charge in [0.2, 0.25) is 0 Å². The van der Waals surface area contributed by atoms with Crippen molar-refractivity contribution in [2.75, 3.05) is 7.11 Å². The normalized spacial score (nSPS) is 12.2. The molecule has 0 saturated heterocycles. The number of amidine groups is 1. The van der Waals surface area contributed by atoms with E-state index in [2.05, 4.69) is 15.0 Å². The zero-order valence-corrected chi connectivity index (χ0v) is 10.1. The number of nitrogens with zero attached hydrogens (tertiary/aromatic N) is 2. The van der Waals surface area contributed by atoms with E-state index in [1.54, 1.807) is 37.4 Å². The number of methoxy groups -OCH3 is 1. The van der Waals surface area contributed by atoms with Crippen molar-refractivity contribution in [2.24, 2.45) is 4.99 Å². The second-order valence-corrected chi connectivity index (χ2v) is 3.29. The predicted octanol–water partition coefficient (Wildman–Crippen LogP) is 1.05. The van der Waals surface area contributed by atoms with Crippen molar-refractivity contribution in [1.29, 1.82) is 5.26 Å². The molecule has 0 aliphatic rings. The fourth-order valence-corrected chi connectivity index (χ4v) is 1.13. The van der Waals surface area contributed by atoms with E-state index in [9.17, 15) is 4.79 Å². The first-order chi connectivity index (χ1) is 8.67. The molecule has 0 unspecified atom stereocenters. The molecule has 0 radical (unpaired) electrons. The average molecular weight is 247 g/mol. The van der Waals surface area contributed by atoms with Gasteiger partial charge in [0, 0.05) is 0 Å². The number of carbonyl (C=O) groups is 1. The van der Waals surface area contributed by atoms with Gasteiger partial charge in [0.25, 0.3) is 0 Å². The molecule has 18 heavy (non-hydrogen) atoms. The van der Waals surface area contributed by atoms with Gasteiger partial charge >= 0.3 is 12.0 Å². The molecule has 1 N–H and O–H groups in total. The molecule has 6 nitrogen and oxygen atoms in total. The molecular formula is C12H13N3O3. The van der Waals surface area contributed by atoms with Crippen molar-refractivity contribution < 1.29 is 14.3 Å². The lowest BCUT2D eigenvalue weighted by Crippen LogP contribution is -2.28. The van der Waals surface area contributed by atoms with Crippen LogP contribution < -0.4 is 10.1 Å². The van der Waals surface area contributed by atoms with Crippen molar-refractivity contribution in [3.8, 4) is 11.9 Å². The summed E-state index contributed by atoms with van der Waals surface area (Å²) in [6, 6.07) is 8.00. The highest BCUT2D eigenvalue weighted by molar-refractivity contribution is 5.83. The van der Waals surface area contributed by atoms with Gasteiger partial charge in [-0.1, -0.05) is 18.2 Å². The molecule has 1 atom stereocenters. The number of ether oxygens (including phenoxy) is 2. The van der Waals surface area contributed by atoms with Crippen molar-refractivity contribution >= 4 is 12.0 Å². The summed E-state index contributed by atoms with van der Waals surface area (Å²) in [4.78, 5) is 15.1. The van der Waals surface area contributed by atoms with Gasteiger partial charge in [0.15, 0.2) is 6.19 Å². The minimum absolute atomic E-state index is 0.0541. The summed E-state index contributed by atoms with van der Waals surface area (Å²) in [5.74, 6) is -0.0000303. The largest absolute Gasteiger partial charge is 0.467 e. The molecule has 1 aromatic rings. The number of nitriles is 1. The molecule has 1 aromatic carbocycles. The standard InChI is InChI=1S/C12H13N3O3/c1-9(11(16)17-2)15-12(14-8-13)18-10-6-4-3-5-7-10/h3-7,9H,1-2H3,(H,14,15)/t9-/m0/s1. The Balaban J connectivity index is 2.80. The molecule has 0 amide bonds. The first-order valence-electron chi connectivity index (χ1n) is 5.21. The molecule has 0 fully saturated rings. The third kappa shape index (κ3) is 4.14. The van der Waals surface area contributed by atoms with Crippen LogP contribution in [0.4, 0.5) is 0 Å². The fourth-order valence-electron chi connectivity index (χ4n) is 1.13. The van der Waals surface area contributed by atoms with E-state index in [4.69, 9.17) is 10.00 Å². The molecule has 0 aliphatic carbocycles. The third-order valence-corrected chi connectivity index (χ3v) is 1.97. The Kier molecular flexibility index (Phi) is 5.19. The van der Waals surface area contributed by atoms with Gasteiger partial charge < -0.3 is 9.47 Å². The second-order valence-electron chi connectivity index (χ2n) is 3.29. The van der Waals surface area contributed by atoms with Gasteiger partial charge in [-0.05, 0) is 19.1 Å². The first-order valence-corrected chi connectivity index (χ1v) is 5.21.